The summed E-state index contributed by atoms with van der Waals surface area (Å²) in [5.74, 6) is 1.07. The van der Waals surface area contributed by atoms with E-state index < -0.39 is 10.0 Å². The number of hydrogen-bond donors (Lipinski definition) is 1. The highest BCUT2D eigenvalue weighted by Crippen LogP contribution is 2.21. The van der Waals surface area contributed by atoms with E-state index in [1.54, 1.807) is 26.0 Å². The SMILES string of the molecule is CC(C)COc1ccc(S(=O)(=O)N(CCO)C(C)C)cc1. The van der Waals surface area contributed by atoms with Crippen LogP contribution in [-0.2, 0) is 10.0 Å². The maximum absolute atomic E-state index is 12.5. The van der Waals surface area contributed by atoms with Crippen LogP contribution in [0.5, 0.6) is 5.75 Å². The van der Waals surface area contributed by atoms with Gasteiger partial charge in [0.05, 0.1) is 18.1 Å². The van der Waals surface area contributed by atoms with Gasteiger partial charge >= 0.3 is 0 Å². The third kappa shape index (κ3) is 4.98. The van der Waals surface area contributed by atoms with E-state index in [4.69, 9.17) is 9.84 Å². The summed E-state index contributed by atoms with van der Waals surface area (Å²) < 4.78 is 31.9. The highest BCUT2D eigenvalue weighted by molar-refractivity contribution is 7.89. The smallest absolute Gasteiger partial charge is 0.243 e. The van der Waals surface area contributed by atoms with E-state index in [0.717, 1.165) is 0 Å². The van der Waals surface area contributed by atoms with Crippen LogP contribution in [0.15, 0.2) is 29.2 Å². The number of sulfonamides is 1. The summed E-state index contributed by atoms with van der Waals surface area (Å²) in [6.07, 6.45) is 0. The molecule has 1 aromatic rings. The lowest BCUT2D eigenvalue weighted by Gasteiger charge is -2.25. The molecule has 1 rings (SSSR count). The second kappa shape index (κ2) is 7.77. The molecule has 0 amide bonds. The standard InChI is InChI=1S/C15H25NO4S/c1-12(2)11-20-14-5-7-15(8-6-14)21(18,19)16(9-10-17)13(3)4/h5-8,12-13,17H,9-11H2,1-4H3. The molecule has 5 nitrogen and oxygen atoms in total. The molecule has 120 valence electrons. The number of rotatable bonds is 8. The average molecular weight is 315 g/mol. The second-order valence-electron chi connectivity index (χ2n) is 5.61. The molecule has 0 saturated heterocycles. The molecule has 1 aromatic carbocycles. The lowest BCUT2D eigenvalue weighted by atomic mass is 10.2. The van der Waals surface area contributed by atoms with Gasteiger partial charge in [-0.25, -0.2) is 8.42 Å². The molecule has 1 N–H and O–H groups in total. The highest BCUT2D eigenvalue weighted by atomic mass is 32.2. The largest absolute Gasteiger partial charge is 0.493 e. The molecule has 0 spiro atoms. The fourth-order valence-electron chi connectivity index (χ4n) is 1.86. The molecule has 0 radical (unpaired) electrons. The Kier molecular flexibility index (Phi) is 6.64. The second-order valence-corrected chi connectivity index (χ2v) is 7.50. The number of benzene rings is 1. The minimum Gasteiger partial charge on any atom is -0.493 e. The Balaban J connectivity index is 2.93. The predicted molar refractivity (Wildman–Crippen MR) is 82.9 cm³/mol. The van der Waals surface area contributed by atoms with E-state index in [9.17, 15) is 8.42 Å². The molecule has 0 unspecified atom stereocenters. The van der Waals surface area contributed by atoms with Gasteiger partial charge in [-0.1, -0.05) is 13.8 Å². The van der Waals surface area contributed by atoms with Crippen LogP contribution >= 0.6 is 0 Å². The topological polar surface area (TPSA) is 66.8 Å². The van der Waals surface area contributed by atoms with Crippen LogP contribution in [0, 0.1) is 5.92 Å². The number of hydrogen-bond acceptors (Lipinski definition) is 4. The minimum atomic E-state index is -3.59. The van der Waals surface area contributed by atoms with Gasteiger partial charge in [0.1, 0.15) is 5.75 Å². The Morgan fingerprint density at radius 2 is 1.71 bits per heavy atom. The van der Waals surface area contributed by atoms with Crippen molar-refractivity contribution in [3.8, 4) is 5.75 Å². The molecule has 0 aromatic heterocycles. The number of aliphatic hydroxyl groups excluding tert-OH is 1. The summed E-state index contributed by atoms with van der Waals surface area (Å²) in [4.78, 5) is 0.210. The van der Waals surface area contributed by atoms with Crippen LogP contribution in [0.4, 0.5) is 0 Å². The molecule has 0 aliphatic heterocycles. The lowest BCUT2D eigenvalue weighted by Crippen LogP contribution is -2.38. The number of aliphatic hydroxyl groups is 1. The average Bonchev–Trinajstić information content (AvgIpc) is 2.42. The first-order valence-electron chi connectivity index (χ1n) is 7.14. The van der Waals surface area contributed by atoms with Crippen molar-refractivity contribution in [2.45, 2.75) is 38.6 Å². The molecule has 0 aliphatic rings. The first-order chi connectivity index (χ1) is 9.78. The van der Waals surface area contributed by atoms with Crippen molar-refractivity contribution in [2.24, 2.45) is 5.92 Å². The highest BCUT2D eigenvalue weighted by Gasteiger charge is 2.26. The third-order valence-corrected chi connectivity index (χ3v) is 5.00. The van der Waals surface area contributed by atoms with Crippen molar-refractivity contribution in [1.82, 2.24) is 4.31 Å². The first-order valence-corrected chi connectivity index (χ1v) is 8.58. The Bertz CT molecular complexity index is 523. The Labute approximate surface area is 127 Å². The number of ether oxygens (including phenoxy) is 1. The molecule has 0 saturated carbocycles. The monoisotopic (exact) mass is 315 g/mol. The van der Waals surface area contributed by atoms with Gasteiger partial charge in [0.25, 0.3) is 0 Å². The quantitative estimate of drug-likeness (QED) is 0.798. The van der Waals surface area contributed by atoms with Gasteiger partial charge in [0.2, 0.25) is 10.0 Å². The van der Waals surface area contributed by atoms with Gasteiger partial charge in [-0.2, -0.15) is 4.31 Å². The maximum Gasteiger partial charge on any atom is 0.243 e. The van der Waals surface area contributed by atoms with Gasteiger partial charge in [0, 0.05) is 12.6 Å². The number of nitrogens with zero attached hydrogens (tertiary/aromatic N) is 1. The van der Waals surface area contributed by atoms with Crippen LogP contribution in [-0.4, -0.2) is 43.6 Å². The Hall–Kier alpha value is -1.11. The van der Waals surface area contributed by atoms with Gasteiger partial charge in [-0.05, 0) is 44.0 Å². The Morgan fingerprint density at radius 1 is 1.14 bits per heavy atom. The zero-order valence-corrected chi connectivity index (χ0v) is 13.9. The summed E-state index contributed by atoms with van der Waals surface area (Å²) in [5, 5.41) is 9.04. The van der Waals surface area contributed by atoms with Gasteiger partial charge in [-0.15, -0.1) is 0 Å². The van der Waals surface area contributed by atoms with E-state index in [1.165, 1.54) is 16.4 Å². The summed E-state index contributed by atoms with van der Waals surface area (Å²) in [6, 6.07) is 6.19. The van der Waals surface area contributed by atoms with E-state index in [2.05, 4.69) is 0 Å². The third-order valence-electron chi connectivity index (χ3n) is 2.91. The van der Waals surface area contributed by atoms with Crippen molar-refractivity contribution < 1.29 is 18.3 Å². The van der Waals surface area contributed by atoms with Crippen LogP contribution in [0.2, 0.25) is 0 Å². The summed E-state index contributed by atoms with van der Waals surface area (Å²) in [6.45, 7) is 8.15. The Morgan fingerprint density at radius 3 is 2.14 bits per heavy atom. The minimum absolute atomic E-state index is 0.0889. The van der Waals surface area contributed by atoms with Gasteiger partial charge < -0.3 is 9.84 Å². The van der Waals surface area contributed by atoms with Gasteiger partial charge in [-0.3, -0.25) is 0 Å². The molecule has 0 aliphatic carbocycles. The van der Waals surface area contributed by atoms with E-state index in [-0.39, 0.29) is 24.1 Å². The fraction of sp³-hybridized carbons (Fsp3) is 0.600. The van der Waals surface area contributed by atoms with Crippen LogP contribution < -0.4 is 4.74 Å². The fourth-order valence-corrected chi connectivity index (χ4v) is 3.49. The first kappa shape index (κ1) is 17.9. The predicted octanol–water partition coefficient (Wildman–Crippen LogP) is 2.11. The molecule has 0 atom stereocenters. The van der Waals surface area contributed by atoms with Crippen LogP contribution in [0.3, 0.4) is 0 Å². The van der Waals surface area contributed by atoms with Crippen molar-refractivity contribution in [3.05, 3.63) is 24.3 Å². The van der Waals surface area contributed by atoms with E-state index >= 15 is 0 Å². The molecular weight excluding hydrogens is 290 g/mol. The van der Waals surface area contributed by atoms with Crippen molar-refractivity contribution in [1.29, 1.82) is 0 Å². The van der Waals surface area contributed by atoms with E-state index in [0.29, 0.717) is 18.3 Å². The van der Waals surface area contributed by atoms with Crippen LogP contribution in [0.25, 0.3) is 0 Å². The van der Waals surface area contributed by atoms with Crippen LogP contribution in [0.1, 0.15) is 27.7 Å². The van der Waals surface area contributed by atoms with Crippen molar-refractivity contribution >= 4 is 10.0 Å². The lowest BCUT2D eigenvalue weighted by molar-refractivity contribution is 0.236. The molecule has 0 heterocycles. The van der Waals surface area contributed by atoms with Gasteiger partial charge in [0.15, 0.2) is 0 Å². The van der Waals surface area contributed by atoms with Crippen molar-refractivity contribution in [3.63, 3.8) is 0 Å². The molecular formula is C15H25NO4S. The zero-order chi connectivity index (χ0) is 16.0. The molecule has 21 heavy (non-hydrogen) atoms. The summed E-state index contributed by atoms with van der Waals surface area (Å²) in [7, 11) is -3.59. The molecule has 0 bridgehead atoms. The molecule has 6 heteroatoms. The summed E-state index contributed by atoms with van der Waals surface area (Å²) >= 11 is 0. The summed E-state index contributed by atoms with van der Waals surface area (Å²) in [5.41, 5.74) is 0. The van der Waals surface area contributed by atoms with Crippen molar-refractivity contribution in [2.75, 3.05) is 19.8 Å². The normalized spacial score (nSPS) is 12.4. The van der Waals surface area contributed by atoms with E-state index in [1.807, 2.05) is 13.8 Å². The zero-order valence-electron chi connectivity index (χ0n) is 13.1. The maximum atomic E-state index is 12.5. The molecule has 0 fully saturated rings.